The average Bonchev–Trinajstić information content (AvgIpc) is 2.16. The lowest BCUT2D eigenvalue weighted by Gasteiger charge is -2.38. The summed E-state index contributed by atoms with van der Waals surface area (Å²) in [5.41, 5.74) is 0. The van der Waals surface area contributed by atoms with Gasteiger partial charge in [-0.15, -0.1) is 0 Å². The molecule has 0 radical (unpaired) electrons. The predicted molar refractivity (Wildman–Crippen MR) is 55.3 cm³/mol. The van der Waals surface area contributed by atoms with Crippen LogP contribution in [0.4, 0.5) is 0 Å². The molecule has 2 atom stereocenters. The summed E-state index contributed by atoms with van der Waals surface area (Å²) in [6.45, 7) is 6.03. The molecule has 0 aromatic heterocycles. The number of rotatable bonds is 3. The minimum absolute atomic E-state index is 0.0867. The Kier molecular flexibility index (Phi) is 3.89. The molecule has 0 saturated carbocycles. The standard InChI is InChI=1S/C10H20N2O2/c1-7(2)12-5-4-8(10(13)14)9(6-12)11-3/h7-9,11H,4-6H2,1-3H3,(H,13,14). The molecule has 1 aliphatic rings. The number of carboxylic acids is 1. The van der Waals surface area contributed by atoms with Gasteiger partial charge in [0.05, 0.1) is 5.92 Å². The van der Waals surface area contributed by atoms with Gasteiger partial charge in [0.2, 0.25) is 0 Å². The van der Waals surface area contributed by atoms with Gasteiger partial charge >= 0.3 is 5.97 Å². The van der Waals surface area contributed by atoms with Gasteiger partial charge in [-0.25, -0.2) is 0 Å². The number of hydrogen-bond acceptors (Lipinski definition) is 3. The smallest absolute Gasteiger partial charge is 0.308 e. The Balaban J connectivity index is 2.59. The average molecular weight is 200 g/mol. The minimum atomic E-state index is -0.673. The Morgan fingerprint density at radius 3 is 2.64 bits per heavy atom. The molecule has 4 nitrogen and oxygen atoms in total. The van der Waals surface area contributed by atoms with Crippen molar-refractivity contribution in [2.24, 2.45) is 5.92 Å². The first-order valence-corrected chi connectivity index (χ1v) is 5.20. The quantitative estimate of drug-likeness (QED) is 0.692. The van der Waals surface area contributed by atoms with E-state index in [0.717, 1.165) is 19.5 Å². The number of likely N-dealkylation sites (tertiary alicyclic amines) is 1. The van der Waals surface area contributed by atoms with Crippen LogP contribution in [0, 0.1) is 5.92 Å². The lowest BCUT2D eigenvalue weighted by molar-refractivity contribution is -0.144. The molecule has 0 aliphatic carbocycles. The third-order valence-electron chi connectivity index (χ3n) is 3.06. The van der Waals surface area contributed by atoms with E-state index >= 15 is 0 Å². The second kappa shape index (κ2) is 4.75. The van der Waals surface area contributed by atoms with Gasteiger partial charge in [0.15, 0.2) is 0 Å². The first-order chi connectivity index (χ1) is 6.56. The molecule has 0 amide bonds. The third-order valence-corrected chi connectivity index (χ3v) is 3.06. The van der Waals surface area contributed by atoms with Gasteiger partial charge in [-0.1, -0.05) is 0 Å². The van der Waals surface area contributed by atoms with E-state index in [-0.39, 0.29) is 12.0 Å². The van der Waals surface area contributed by atoms with Gasteiger partial charge in [0.25, 0.3) is 0 Å². The highest BCUT2D eigenvalue weighted by atomic mass is 16.4. The maximum atomic E-state index is 10.9. The Hall–Kier alpha value is -0.610. The molecule has 1 fully saturated rings. The Bertz CT molecular complexity index is 206. The number of piperidine rings is 1. The molecule has 0 aromatic rings. The molecule has 0 spiro atoms. The highest BCUT2D eigenvalue weighted by molar-refractivity contribution is 5.71. The minimum Gasteiger partial charge on any atom is -0.481 e. The summed E-state index contributed by atoms with van der Waals surface area (Å²) in [6.07, 6.45) is 0.749. The van der Waals surface area contributed by atoms with E-state index in [1.165, 1.54) is 0 Å². The lowest BCUT2D eigenvalue weighted by atomic mass is 9.91. The molecule has 82 valence electrons. The first-order valence-electron chi connectivity index (χ1n) is 5.20. The SMILES string of the molecule is CNC1CN(C(C)C)CCC1C(=O)O. The first kappa shape index (κ1) is 11.5. The van der Waals surface area contributed by atoms with Gasteiger partial charge in [-0.05, 0) is 33.9 Å². The summed E-state index contributed by atoms with van der Waals surface area (Å²) < 4.78 is 0. The molecule has 4 heteroatoms. The maximum absolute atomic E-state index is 10.9. The fourth-order valence-electron chi connectivity index (χ4n) is 2.03. The second-order valence-corrected chi connectivity index (χ2v) is 4.22. The van der Waals surface area contributed by atoms with Crippen molar-refractivity contribution in [3.8, 4) is 0 Å². The molecule has 2 unspecified atom stereocenters. The lowest BCUT2D eigenvalue weighted by Crippen LogP contribution is -2.53. The molecular weight excluding hydrogens is 180 g/mol. The summed E-state index contributed by atoms with van der Waals surface area (Å²) in [5, 5.41) is 12.1. The van der Waals surface area contributed by atoms with Gasteiger partial charge in [0.1, 0.15) is 0 Å². The molecule has 1 aliphatic heterocycles. The summed E-state index contributed by atoms with van der Waals surface area (Å²) in [6, 6.07) is 0.587. The van der Waals surface area contributed by atoms with E-state index in [4.69, 9.17) is 5.11 Å². The summed E-state index contributed by atoms with van der Waals surface area (Å²) >= 11 is 0. The molecule has 1 rings (SSSR count). The fraction of sp³-hybridized carbons (Fsp3) is 0.900. The van der Waals surface area contributed by atoms with Crippen LogP contribution in [0.3, 0.4) is 0 Å². The van der Waals surface area contributed by atoms with Crippen LogP contribution in [0.15, 0.2) is 0 Å². The zero-order valence-electron chi connectivity index (χ0n) is 9.16. The molecule has 14 heavy (non-hydrogen) atoms. The Morgan fingerprint density at radius 1 is 1.57 bits per heavy atom. The van der Waals surface area contributed by atoms with Crippen molar-refractivity contribution in [1.29, 1.82) is 0 Å². The van der Waals surface area contributed by atoms with E-state index < -0.39 is 5.97 Å². The van der Waals surface area contributed by atoms with Gasteiger partial charge < -0.3 is 10.4 Å². The summed E-state index contributed by atoms with van der Waals surface area (Å²) in [4.78, 5) is 13.3. The third kappa shape index (κ3) is 2.45. The number of nitrogens with one attached hydrogen (secondary N) is 1. The van der Waals surface area contributed by atoms with E-state index in [0.29, 0.717) is 6.04 Å². The normalized spacial score (nSPS) is 29.4. The summed E-state index contributed by atoms with van der Waals surface area (Å²) in [7, 11) is 1.84. The molecule has 2 N–H and O–H groups in total. The number of aliphatic carboxylic acids is 1. The van der Waals surface area contributed by atoms with E-state index in [1.54, 1.807) is 0 Å². The van der Waals surface area contributed by atoms with Crippen molar-refractivity contribution >= 4 is 5.97 Å². The number of hydrogen-bond donors (Lipinski definition) is 2. The van der Waals surface area contributed by atoms with Gasteiger partial charge in [-0.3, -0.25) is 9.69 Å². The van der Waals surface area contributed by atoms with Crippen LogP contribution in [0.5, 0.6) is 0 Å². The predicted octanol–water partition coefficient (Wildman–Crippen LogP) is 0.389. The molecule has 0 aromatic carbocycles. The highest BCUT2D eigenvalue weighted by Gasteiger charge is 2.33. The highest BCUT2D eigenvalue weighted by Crippen LogP contribution is 2.19. The van der Waals surface area contributed by atoms with Crippen LogP contribution in [-0.2, 0) is 4.79 Å². The van der Waals surface area contributed by atoms with Crippen LogP contribution in [-0.4, -0.2) is 48.2 Å². The Morgan fingerprint density at radius 2 is 2.21 bits per heavy atom. The van der Waals surface area contributed by atoms with Gasteiger partial charge in [-0.2, -0.15) is 0 Å². The fourth-order valence-corrected chi connectivity index (χ4v) is 2.03. The van der Waals surface area contributed by atoms with Crippen LogP contribution in [0.2, 0.25) is 0 Å². The number of likely N-dealkylation sites (N-methyl/N-ethyl adjacent to an activating group) is 1. The number of carboxylic acid groups (broad SMARTS) is 1. The molecule has 1 saturated heterocycles. The number of carbonyl (C=O) groups is 1. The molecule has 0 bridgehead atoms. The van der Waals surface area contributed by atoms with Crippen molar-refractivity contribution in [3.63, 3.8) is 0 Å². The topological polar surface area (TPSA) is 52.6 Å². The van der Waals surface area contributed by atoms with Gasteiger partial charge in [0, 0.05) is 18.6 Å². The van der Waals surface area contributed by atoms with Crippen molar-refractivity contribution < 1.29 is 9.90 Å². The molecular formula is C10H20N2O2. The molecule has 1 heterocycles. The van der Waals surface area contributed by atoms with E-state index in [1.807, 2.05) is 7.05 Å². The van der Waals surface area contributed by atoms with Crippen LogP contribution >= 0.6 is 0 Å². The second-order valence-electron chi connectivity index (χ2n) is 4.22. The van der Waals surface area contributed by atoms with Crippen molar-refractivity contribution in [2.75, 3.05) is 20.1 Å². The van der Waals surface area contributed by atoms with E-state index in [2.05, 4.69) is 24.1 Å². The monoisotopic (exact) mass is 200 g/mol. The van der Waals surface area contributed by atoms with Crippen LogP contribution < -0.4 is 5.32 Å². The van der Waals surface area contributed by atoms with E-state index in [9.17, 15) is 4.79 Å². The summed E-state index contributed by atoms with van der Waals surface area (Å²) in [5.74, 6) is -0.900. The van der Waals surface area contributed by atoms with Crippen LogP contribution in [0.25, 0.3) is 0 Å². The largest absolute Gasteiger partial charge is 0.481 e. The maximum Gasteiger partial charge on any atom is 0.308 e. The van der Waals surface area contributed by atoms with Crippen molar-refractivity contribution in [2.45, 2.75) is 32.4 Å². The Labute approximate surface area is 85.3 Å². The van der Waals surface area contributed by atoms with Crippen molar-refractivity contribution in [1.82, 2.24) is 10.2 Å². The zero-order valence-corrected chi connectivity index (χ0v) is 9.16. The zero-order chi connectivity index (χ0) is 10.7. The van der Waals surface area contributed by atoms with Crippen molar-refractivity contribution in [3.05, 3.63) is 0 Å². The van der Waals surface area contributed by atoms with Crippen LogP contribution in [0.1, 0.15) is 20.3 Å². The number of nitrogens with zero attached hydrogens (tertiary/aromatic N) is 1.